The highest BCUT2D eigenvalue weighted by Gasteiger charge is 2.31. The van der Waals surface area contributed by atoms with Gasteiger partial charge in [0.1, 0.15) is 12.1 Å². The third-order valence-corrected chi connectivity index (χ3v) is 6.29. The van der Waals surface area contributed by atoms with Crippen molar-refractivity contribution in [3.8, 4) is 0 Å². The van der Waals surface area contributed by atoms with E-state index in [9.17, 15) is 24.3 Å². The van der Waals surface area contributed by atoms with Gasteiger partial charge in [0.25, 0.3) is 0 Å². The number of hydrogen-bond acceptors (Lipinski definition) is 4. The highest BCUT2D eigenvalue weighted by Crippen LogP contribution is 2.19. The molecule has 4 atom stereocenters. The molecule has 2 unspecified atom stereocenters. The summed E-state index contributed by atoms with van der Waals surface area (Å²) in [5.41, 5.74) is 0. The summed E-state index contributed by atoms with van der Waals surface area (Å²) in [4.78, 5) is 50.4. The van der Waals surface area contributed by atoms with E-state index in [1.54, 1.807) is 12.2 Å². The molecule has 0 rings (SSSR count). The lowest BCUT2D eigenvalue weighted by atomic mass is 9.93. The minimum atomic E-state index is -1.26. The lowest BCUT2D eigenvalue weighted by Crippen LogP contribution is -2.53. The zero-order valence-electron chi connectivity index (χ0n) is 22.8. The molecule has 0 aromatic rings. The molecule has 0 bridgehead atoms. The first-order valence-corrected chi connectivity index (χ1v) is 13.4. The molecule has 0 spiro atoms. The van der Waals surface area contributed by atoms with Crippen molar-refractivity contribution in [2.45, 2.75) is 103 Å². The highest BCUT2D eigenvalue weighted by molar-refractivity contribution is 5.91. The first-order chi connectivity index (χ1) is 17.1. The van der Waals surface area contributed by atoms with Crippen LogP contribution < -0.4 is 16.0 Å². The maximum absolute atomic E-state index is 13.2. The van der Waals surface area contributed by atoms with Gasteiger partial charge in [-0.3, -0.25) is 14.4 Å². The lowest BCUT2D eigenvalue weighted by molar-refractivity contribution is -0.143. The summed E-state index contributed by atoms with van der Waals surface area (Å²) < 4.78 is 0. The third kappa shape index (κ3) is 14.0. The van der Waals surface area contributed by atoms with E-state index < -0.39 is 29.9 Å². The number of hydrogen-bond donors (Lipinski definition) is 4. The summed E-state index contributed by atoms with van der Waals surface area (Å²) >= 11 is 0. The van der Waals surface area contributed by atoms with E-state index >= 15 is 0 Å². The van der Waals surface area contributed by atoms with Crippen molar-refractivity contribution in [3.05, 3.63) is 25.3 Å². The Kier molecular flexibility index (Phi) is 18.1. The van der Waals surface area contributed by atoms with Gasteiger partial charge in [-0.25, -0.2) is 4.79 Å². The predicted octanol–water partition coefficient (Wildman–Crippen LogP) is 4.36. The number of rotatable bonds is 21. The molecule has 36 heavy (non-hydrogen) atoms. The Labute approximate surface area is 217 Å². The molecule has 3 amide bonds. The van der Waals surface area contributed by atoms with Crippen LogP contribution in [0.4, 0.5) is 0 Å². The quantitative estimate of drug-likeness (QED) is 0.136. The van der Waals surface area contributed by atoms with Crippen LogP contribution in [-0.2, 0) is 19.2 Å². The van der Waals surface area contributed by atoms with Gasteiger partial charge in [0.2, 0.25) is 17.7 Å². The number of carboxylic acid groups (broad SMARTS) is 1. The molecular weight excluding hydrogens is 458 g/mol. The highest BCUT2D eigenvalue weighted by atomic mass is 16.4. The maximum Gasteiger partial charge on any atom is 0.326 e. The molecule has 8 heteroatoms. The second kappa shape index (κ2) is 19.5. The number of aliphatic carboxylic acids is 1. The van der Waals surface area contributed by atoms with Crippen molar-refractivity contribution in [1.29, 1.82) is 0 Å². The molecule has 0 aliphatic heterocycles. The summed E-state index contributed by atoms with van der Waals surface area (Å²) in [6.45, 7) is 13.4. The van der Waals surface area contributed by atoms with E-state index in [0.717, 1.165) is 32.1 Å². The second-order valence-corrected chi connectivity index (χ2v) is 9.93. The van der Waals surface area contributed by atoms with E-state index in [4.69, 9.17) is 0 Å². The Morgan fingerprint density at radius 2 is 1.44 bits per heavy atom. The van der Waals surface area contributed by atoms with Crippen LogP contribution in [0.2, 0.25) is 0 Å². The fraction of sp³-hybridized carbons (Fsp3) is 0.714. The minimum Gasteiger partial charge on any atom is -0.480 e. The molecule has 0 fully saturated rings. The molecule has 0 radical (unpaired) electrons. The monoisotopic (exact) mass is 507 g/mol. The van der Waals surface area contributed by atoms with Crippen LogP contribution in [0.3, 0.4) is 0 Å². The van der Waals surface area contributed by atoms with Crippen LogP contribution in [-0.4, -0.2) is 47.9 Å². The fourth-order valence-electron chi connectivity index (χ4n) is 4.21. The predicted molar refractivity (Wildman–Crippen MR) is 144 cm³/mol. The largest absolute Gasteiger partial charge is 0.480 e. The van der Waals surface area contributed by atoms with Gasteiger partial charge in [-0.2, -0.15) is 0 Å². The number of unbranched alkanes of at least 4 members (excludes halogenated alkanes) is 4. The zero-order valence-corrected chi connectivity index (χ0v) is 22.8. The molecule has 8 nitrogen and oxygen atoms in total. The maximum atomic E-state index is 13.2. The molecule has 0 aromatic carbocycles. The van der Waals surface area contributed by atoms with Gasteiger partial charge < -0.3 is 21.1 Å². The Hall–Kier alpha value is -2.64. The molecule has 0 aliphatic rings. The summed E-state index contributed by atoms with van der Waals surface area (Å²) in [6, 6.07) is -2.12. The van der Waals surface area contributed by atoms with E-state index in [2.05, 4.69) is 36.0 Å². The number of nitrogens with one attached hydrogen (secondary N) is 3. The summed E-state index contributed by atoms with van der Waals surface area (Å²) in [5.74, 6) is -3.04. The molecule has 0 aromatic heterocycles. The molecule has 0 saturated carbocycles. The molecule has 0 saturated heterocycles. The molecule has 0 heterocycles. The van der Waals surface area contributed by atoms with Gasteiger partial charge in [0, 0.05) is 18.9 Å². The number of carboxylic acids is 1. The average molecular weight is 508 g/mol. The Morgan fingerprint density at radius 1 is 0.806 bits per heavy atom. The van der Waals surface area contributed by atoms with Gasteiger partial charge >= 0.3 is 5.97 Å². The van der Waals surface area contributed by atoms with E-state index in [1.165, 1.54) is 13.5 Å². The summed E-state index contributed by atoms with van der Waals surface area (Å²) in [7, 11) is 1.48. The fourth-order valence-corrected chi connectivity index (χ4v) is 4.21. The molecule has 4 N–H and O–H groups in total. The third-order valence-electron chi connectivity index (χ3n) is 6.29. The summed E-state index contributed by atoms with van der Waals surface area (Å²) in [5, 5.41) is 17.7. The van der Waals surface area contributed by atoms with Crippen molar-refractivity contribution in [1.82, 2.24) is 16.0 Å². The standard InChI is InChI=1S/C28H49N3O5/c1-7-10-12-13-14-17-21(16-11-8-2)26(33)30-23(18-20(4)5)27(34)31-24(28(35)36)19-22(15-9-3)25(32)29-6/h8-9,20-24H,2-3,7,10-19H2,1,4-6H3,(H,29,32)(H,30,33)(H,31,34)(H,35,36)/t21?,22?,23-,24-/m0/s1. The topological polar surface area (TPSA) is 125 Å². The molecule has 0 aliphatic carbocycles. The van der Waals surface area contributed by atoms with Gasteiger partial charge in [-0.15, -0.1) is 13.2 Å². The van der Waals surface area contributed by atoms with Crippen molar-refractivity contribution < 1.29 is 24.3 Å². The van der Waals surface area contributed by atoms with E-state index in [0.29, 0.717) is 19.3 Å². The van der Waals surface area contributed by atoms with E-state index in [1.807, 2.05) is 13.8 Å². The smallest absolute Gasteiger partial charge is 0.326 e. The Balaban J connectivity index is 5.44. The average Bonchev–Trinajstić information content (AvgIpc) is 2.83. The van der Waals surface area contributed by atoms with Crippen molar-refractivity contribution in [2.24, 2.45) is 17.8 Å². The van der Waals surface area contributed by atoms with Crippen molar-refractivity contribution in [2.75, 3.05) is 7.05 Å². The van der Waals surface area contributed by atoms with Gasteiger partial charge in [0.15, 0.2) is 0 Å². The van der Waals surface area contributed by atoms with Crippen molar-refractivity contribution in [3.63, 3.8) is 0 Å². The molecule has 206 valence electrons. The number of carbonyl (C=O) groups is 4. The van der Waals surface area contributed by atoms with Crippen LogP contribution in [0.15, 0.2) is 25.3 Å². The van der Waals surface area contributed by atoms with Crippen LogP contribution in [0.5, 0.6) is 0 Å². The SMILES string of the molecule is C=CCCC(CCCCCCC)C(=O)N[C@@H](CC(C)C)C(=O)N[C@@H](CC(CC=C)C(=O)NC)C(=O)O. The first kappa shape index (κ1) is 33.4. The number of carbonyl (C=O) groups excluding carboxylic acids is 3. The lowest BCUT2D eigenvalue weighted by Gasteiger charge is -2.26. The normalized spacial score (nSPS) is 14.2. The van der Waals surface area contributed by atoms with Gasteiger partial charge in [0.05, 0.1) is 0 Å². The minimum absolute atomic E-state index is 0.0746. The second-order valence-electron chi connectivity index (χ2n) is 9.93. The number of allylic oxidation sites excluding steroid dienone is 2. The van der Waals surface area contributed by atoms with Crippen LogP contribution in [0, 0.1) is 17.8 Å². The first-order valence-electron chi connectivity index (χ1n) is 13.4. The van der Waals surface area contributed by atoms with Crippen LogP contribution in [0.25, 0.3) is 0 Å². The van der Waals surface area contributed by atoms with Crippen LogP contribution in [0.1, 0.15) is 91.4 Å². The Bertz CT molecular complexity index is 707. The Morgan fingerprint density at radius 3 is 1.97 bits per heavy atom. The van der Waals surface area contributed by atoms with Gasteiger partial charge in [-0.1, -0.05) is 65.0 Å². The van der Waals surface area contributed by atoms with Crippen LogP contribution >= 0.6 is 0 Å². The van der Waals surface area contributed by atoms with Crippen molar-refractivity contribution >= 4 is 23.7 Å². The van der Waals surface area contributed by atoms with Gasteiger partial charge in [-0.05, 0) is 44.4 Å². The molecular formula is C28H49N3O5. The van der Waals surface area contributed by atoms with E-state index in [-0.39, 0.29) is 36.5 Å². The zero-order chi connectivity index (χ0) is 27.5. The summed E-state index contributed by atoms with van der Waals surface area (Å²) in [6.07, 6.45) is 11.5. The number of amides is 3.